The molecule has 0 fully saturated rings. The molecule has 1 aromatic heterocycles. The van der Waals surface area contributed by atoms with Crippen LogP contribution in [-0.2, 0) is 4.57 Å². The van der Waals surface area contributed by atoms with Gasteiger partial charge in [-0.25, -0.2) is 14.5 Å². The lowest BCUT2D eigenvalue weighted by molar-refractivity contribution is 0.275. The number of aromatic nitrogens is 2. The van der Waals surface area contributed by atoms with Gasteiger partial charge >= 0.3 is 7.82 Å². The molecule has 1 aromatic rings. The first-order chi connectivity index (χ1) is 5.39. The summed E-state index contributed by atoms with van der Waals surface area (Å²) in [5.41, 5.74) is 0. The normalized spacial score (nSPS) is 10.0. The van der Waals surface area contributed by atoms with Crippen LogP contribution < -0.4 is 0 Å². The summed E-state index contributed by atoms with van der Waals surface area (Å²) in [7, 11) is -4.64. The van der Waals surface area contributed by atoms with Crippen LogP contribution >= 0.6 is 7.82 Å². The summed E-state index contributed by atoms with van der Waals surface area (Å²) < 4.78 is 8.88. The molecule has 68 valence electrons. The van der Waals surface area contributed by atoms with Gasteiger partial charge in [-0.1, -0.05) is 0 Å². The van der Waals surface area contributed by atoms with Gasteiger partial charge in [-0.15, -0.1) is 0 Å². The van der Waals surface area contributed by atoms with Gasteiger partial charge in [-0.05, 0) is 13.0 Å². The standard InChI is InChI=1S/C5H6N2.H3O4P/c1-5-6-3-2-4-7-5;1-5(2,3)4/h2-4H,1H3;(H3,1,2,3,4). The Bertz CT molecular complexity index is 251. The van der Waals surface area contributed by atoms with E-state index >= 15 is 0 Å². The molecule has 0 aromatic carbocycles. The first-order valence-electron chi connectivity index (χ1n) is 2.91. The van der Waals surface area contributed by atoms with Crippen LogP contribution in [-0.4, -0.2) is 24.6 Å². The highest BCUT2D eigenvalue weighted by molar-refractivity contribution is 7.45. The fraction of sp³-hybridized carbons (Fsp3) is 0.200. The predicted octanol–water partition coefficient (Wildman–Crippen LogP) is -0.144. The van der Waals surface area contributed by atoms with Crippen molar-refractivity contribution in [2.75, 3.05) is 0 Å². The minimum atomic E-state index is -4.64. The maximum Gasteiger partial charge on any atom is 0.466 e. The number of aryl methyl sites for hydroxylation is 1. The van der Waals surface area contributed by atoms with Crippen molar-refractivity contribution in [3.63, 3.8) is 0 Å². The minimum Gasteiger partial charge on any atom is -0.303 e. The lowest BCUT2D eigenvalue weighted by atomic mass is 10.6. The minimum absolute atomic E-state index is 0.822. The zero-order chi connectivity index (χ0) is 9.61. The summed E-state index contributed by atoms with van der Waals surface area (Å²) in [4.78, 5) is 29.3. The van der Waals surface area contributed by atoms with Crippen LogP contribution in [0, 0.1) is 6.92 Å². The molecule has 0 radical (unpaired) electrons. The molecule has 0 bridgehead atoms. The van der Waals surface area contributed by atoms with E-state index in [0.29, 0.717) is 0 Å². The molecule has 0 spiro atoms. The molecule has 1 heterocycles. The van der Waals surface area contributed by atoms with E-state index in [4.69, 9.17) is 19.2 Å². The molecule has 1 rings (SSSR count). The number of nitrogens with zero attached hydrogens (tertiary/aromatic N) is 2. The van der Waals surface area contributed by atoms with Gasteiger partial charge in [0.2, 0.25) is 0 Å². The molecule has 3 N–H and O–H groups in total. The fourth-order valence-electron chi connectivity index (χ4n) is 0.374. The smallest absolute Gasteiger partial charge is 0.303 e. The molecule has 12 heavy (non-hydrogen) atoms. The molecular weight excluding hydrogens is 183 g/mol. The van der Waals surface area contributed by atoms with Crippen molar-refractivity contribution in [3.05, 3.63) is 24.3 Å². The second-order valence-corrected chi connectivity index (χ2v) is 2.84. The van der Waals surface area contributed by atoms with E-state index in [1.54, 1.807) is 18.5 Å². The van der Waals surface area contributed by atoms with E-state index in [1.807, 2.05) is 6.92 Å². The fourth-order valence-corrected chi connectivity index (χ4v) is 0.374. The van der Waals surface area contributed by atoms with E-state index in [2.05, 4.69) is 9.97 Å². The third-order valence-electron chi connectivity index (χ3n) is 0.695. The molecule has 0 aliphatic carbocycles. The molecule has 6 nitrogen and oxygen atoms in total. The summed E-state index contributed by atoms with van der Waals surface area (Å²) in [5, 5.41) is 0. The zero-order valence-electron chi connectivity index (χ0n) is 6.32. The summed E-state index contributed by atoms with van der Waals surface area (Å²) in [5.74, 6) is 0.822. The first-order valence-corrected chi connectivity index (χ1v) is 4.48. The Morgan fingerprint density at radius 2 is 1.58 bits per heavy atom. The average molecular weight is 192 g/mol. The summed E-state index contributed by atoms with van der Waals surface area (Å²) in [6.45, 7) is 1.86. The molecule has 0 saturated heterocycles. The van der Waals surface area contributed by atoms with Crippen LogP contribution in [0.3, 0.4) is 0 Å². The first kappa shape index (κ1) is 11.2. The Morgan fingerprint density at radius 3 is 1.75 bits per heavy atom. The zero-order valence-corrected chi connectivity index (χ0v) is 7.22. The lowest BCUT2D eigenvalue weighted by Crippen LogP contribution is -1.80. The van der Waals surface area contributed by atoms with E-state index in [1.165, 1.54) is 0 Å². The van der Waals surface area contributed by atoms with Crippen molar-refractivity contribution in [1.29, 1.82) is 0 Å². The van der Waals surface area contributed by atoms with Crippen LogP contribution in [0.25, 0.3) is 0 Å². The number of phosphoric acid groups is 1. The van der Waals surface area contributed by atoms with Crippen LogP contribution in [0.15, 0.2) is 18.5 Å². The maximum absolute atomic E-state index is 8.88. The Balaban J connectivity index is 0.000000217. The molecule has 0 aliphatic rings. The Morgan fingerprint density at radius 1 is 1.25 bits per heavy atom. The molecule has 0 atom stereocenters. The topological polar surface area (TPSA) is 104 Å². The maximum atomic E-state index is 8.88. The third-order valence-corrected chi connectivity index (χ3v) is 0.695. The number of hydrogen-bond acceptors (Lipinski definition) is 3. The SMILES string of the molecule is Cc1ncccn1.O=P(O)(O)O. The van der Waals surface area contributed by atoms with E-state index in [-0.39, 0.29) is 0 Å². The van der Waals surface area contributed by atoms with Crippen molar-refractivity contribution >= 4 is 7.82 Å². The summed E-state index contributed by atoms with van der Waals surface area (Å²) in [6.07, 6.45) is 3.45. The van der Waals surface area contributed by atoms with Gasteiger partial charge in [0, 0.05) is 12.4 Å². The number of hydrogen-bond donors (Lipinski definition) is 3. The summed E-state index contributed by atoms with van der Waals surface area (Å²) >= 11 is 0. The van der Waals surface area contributed by atoms with Crippen LogP contribution in [0.4, 0.5) is 0 Å². The Hall–Kier alpha value is -0.810. The van der Waals surface area contributed by atoms with Crippen molar-refractivity contribution in [2.24, 2.45) is 0 Å². The van der Waals surface area contributed by atoms with Gasteiger partial charge in [-0.2, -0.15) is 0 Å². The largest absolute Gasteiger partial charge is 0.466 e. The lowest BCUT2D eigenvalue weighted by Gasteiger charge is -1.82. The predicted molar refractivity (Wildman–Crippen MR) is 41.0 cm³/mol. The van der Waals surface area contributed by atoms with E-state index in [0.717, 1.165) is 5.82 Å². The summed E-state index contributed by atoms with van der Waals surface area (Å²) in [6, 6.07) is 1.80. The van der Waals surface area contributed by atoms with Crippen LogP contribution in [0.1, 0.15) is 5.82 Å². The Labute approximate surface area is 69.2 Å². The average Bonchev–Trinajstić information content (AvgIpc) is 1.85. The van der Waals surface area contributed by atoms with Gasteiger partial charge < -0.3 is 14.7 Å². The molecule has 0 aliphatic heterocycles. The van der Waals surface area contributed by atoms with Crippen LogP contribution in [0.5, 0.6) is 0 Å². The molecule has 0 amide bonds. The second kappa shape index (κ2) is 4.95. The van der Waals surface area contributed by atoms with Gasteiger partial charge in [0.25, 0.3) is 0 Å². The highest BCUT2D eigenvalue weighted by atomic mass is 31.2. The van der Waals surface area contributed by atoms with Crippen molar-refractivity contribution in [1.82, 2.24) is 9.97 Å². The van der Waals surface area contributed by atoms with E-state index < -0.39 is 7.82 Å². The molecule has 0 saturated carbocycles. The van der Waals surface area contributed by atoms with Gasteiger partial charge in [0.15, 0.2) is 0 Å². The number of rotatable bonds is 0. The molecule has 0 unspecified atom stereocenters. The van der Waals surface area contributed by atoms with Crippen molar-refractivity contribution in [2.45, 2.75) is 6.92 Å². The Kier molecular flexibility index (Phi) is 4.61. The highest BCUT2D eigenvalue weighted by Gasteiger charge is 2.00. The second-order valence-electron chi connectivity index (χ2n) is 1.81. The highest BCUT2D eigenvalue weighted by Crippen LogP contribution is 2.25. The molecule has 7 heteroatoms. The van der Waals surface area contributed by atoms with E-state index in [9.17, 15) is 0 Å². The van der Waals surface area contributed by atoms with Crippen molar-refractivity contribution in [3.8, 4) is 0 Å². The van der Waals surface area contributed by atoms with Crippen molar-refractivity contribution < 1.29 is 19.2 Å². The monoisotopic (exact) mass is 192 g/mol. The quantitative estimate of drug-likeness (QED) is 0.494. The van der Waals surface area contributed by atoms with Gasteiger partial charge in [-0.3, -0.25) is 0 Å². The third kappa shape index (κ3) is 11.9. The van der Waals surface area contributed by atoms with Gasteiger partial charge in [0.05, 0.1) is 0 Å². The van der Waals surface area contributed by atoms with Crippen LogP contribution in [0.2, 0.25) is 0 Å². The van der Waals surface area contributed by atoms with Gasteiger partial charge in [0.1, 0.15) is 5.82 Å². The molecular formula is C5H9N2O4P.